The van der Waals surface area contributed by atoms with E-state index >= 15 is 0 Å². The van der Waals surface area contributed by atoms with E-state index in [1.54, 1.807) is 30.3 Å². The number of nitrogens with one attached hydrogen (secondary N) is 2. The number of amides is 2. The van der Waals surface area contributed by atoms with E-state index in [9.17, 15) is 9.59 Å². The summed E-state index contributed by atoms with van der Waals surface area (Å²) in [5, 5.41) is 5.63. The van der Waals surface area contributed by atoms with Gasteiger partial charge in [-0.1, -0.05) is 47.5 Å². The lowest BCUT2D eigenvalue weighted by Gasteiger charge is -2.13. The summed E-state index contributed by atoms with van der Waals surface area (Å²) in [5.74, 6) is -0.112. The van der Waals surface area contributed by atoms with Crippen molar-refractivity contribution >= 4 is 55.4 Å². The molecule has 7 heteroatoms. The molecule has 0 saturated heterocycles. The van der Waals surface area contributed by atoms with Crippen molar-refractivity contribution < 1.29 is 14.3 Å². The Morgan fingerprint density at radius 3 is 2.32 bits per heavy atom. The van der Waals surface area contributed by atoms with Gasteiger partial charge in [0.1, 0.15) is 11.4 Å². The number of hydrogen-bond donors (Lipinski definition) is 2. The minimum absolute atomic E-state index is 0.128. The van der Waals surface area contributed by atoms with Gasteiger partial charge in [0.25, 0.3) is 11.8 Å². The van der Waals surface area contributed by atoms with E-state index in [0.717, 1.165) is 32.9 Å². The molecule has 0 aromatic heterocycles. The Balaban J connectivity index is 1.81. The fourth-order valence-corrected chi connectivity index (χ4v) is 3.88. The van der Waals surface area contributed by atoms with Gasteiger partial charge < -0.3 is 15.4 Å². The number of ether oxygens (including phenoxy) is 1. The van der Waals surface area contributed by atoms with Crippen molar-refractivity contribution in [3.8, 4) is 5.75 Å². The van der Waals surface area contributed by atoms with Crippen LogP contribution >= 0.6 is 31.9 Å². The van der Waals surface area contributed by atoms with E-state index in [1.165, 1.54) is 0 Å². The first-order valence-corrected chi connectivity index (χ1v) is 12.5. The minimum atomic E-state index is -0.430. The molecule has 34 heavy (non-hydrogen) atoms. The number of aryl methyl sites for hydroxylation is 1. The zero-order valence-corrected chi connectivity index (χ0v) is 22.2. The topological polar surface area (TPSA) is 67.4 Å². The van der Waals surface area contributed by atoms with Crippen LogP contribution in [0.2, 0.25) is 0 Å². The van der Waals surface area contributed by atoms with Crippen LogP contribution in [0.4, 0.5) is 5.69 Å². The zero-order chi connectivity index (χ0) is 24.5. The molecular weight excluding hydrogens is 560 g/mol. The van der Waals surface area contributed by atoms with E-state index < -0.39 is 5.91 Å². The van der Waals surface area contributed by atoms with Gasteiger partial charge in [-0.3, -0.25) is 9.59 Å². The molecule has 3 rings (SSSR count). The Labute approximate surface area is 216 Å². The van der Waals surface area contributed by atoms with E-state index in [4.69, 9.17) is 4.74 Å². The van der Waals surface area contributed by atoms with E-state index in [1.807, 2.05) is 49.4 Å². The second-order valence-corrected chi connectivity index (χ2v) is 9.50. The van der Waals surface area contributed by atoms with Gasteiger partial charge in [0.15, 0.2) is 0 Å². The molecule has 0 aliphatic rings. The van der Waals surface area contributed by atoms with Crippen LogP contribution in [0, 0.1) is 6.92 Å². The molecule has 0 unspecified atom stereocenters. The smallest absolute Gasteiger partial charge is 0.272 e. The van der Waals surface area contributed by atoms with Crippen molar-refractivity contribution in [3.63, 3.8) is 0 Å². The number of halogens is 2. The van der Waals surface area contributed by atoms with Crippen LogP contribution < -0.4 is 15.4 Å². The highest BCUT2D eigenvalue weighted by Crippen LogP contribution is 2.24. The lowest BCUT2D eigenvalue weighted by atomic mass is 10.1. The van der Waals surface area contributed by atoms with Crippen molar-refractivity contribution in [2.24, 2.45) is 0 Å². The van der Waals surface area contributed by atoms with Gasteiger partial charge in [0, 0.05) is 14.5 Å². The number of rotatable bonds is 9. The summed E-state index contributed by atoms with van der Waals surface area (Å²) in [6, 6.07) is 20.0. The summed E-state index contributed by atoms with van der Waals surface area (Å²) in [5.41, 5.74) is 3.00. The molecule has 3 aromatic rings. The van der Waals surface area contributed by atoms with E-state index in [-0.39, 0.29) is 11.6 Å². The van der Waals surface area contributed by atoms with Gasteiger partial charge in [0.2, 0.25) is 0 Å². The fraction of sp³-hybridized carbons (Fsp3) is 0.185. The van der Waals surface area contributed by atoms with Crippen molar-refractivity contribution in [1.82, 2.24) is 5.32 Å². The molecule has 0 aliphatic heterocycles. The third-order valence-corrected chi connectivity index (χ3v) is 6.11. The fourth-order valence-electron chi connectivity index (χ4n) is 3.03. The number of benzene rings is 3. The second kappa shape index (κ2) is 12.5. The molecule has 3 aromatic carbocycles. The van der Waals surface area contributed by atoms with E-state index in [0.29, 0.717) is 23.6 Å². The molecule has 0 heterocycles. The van der Waals surface area contributed by atoms with Crippen molar-refractivity contribution in [2.75, 3.05) is 11.9 Å². The van der Waals surface area contributed by atoms with Crippen molar-refractivity contribution in [3.05, 3.63) is 98.1 Å². The first-order valence-electron chi connectivity index (χ1n) is 10.9. The van der Waals surface area contributed by atoms with Gasteiger partial charge >= 0.3 is 0 Å². The van der Waals surface area contributed by atoms with Crippen LogP contribution in [-0.4, -0.2) is 18.4 Å². The standard InChI is InChI=1S/C27H26Br2N2O3/c1-3-4-15-34-22-12-8-20(9-13-22)26(32)31-25(17-19-6-10-21(28)11-7-19)27(33)30-24-14-5-18(2)16-23(24)29/h5-14,16-17H,3-4,15H2,1-2H3,(H,30,33)(H,31,32)/b25-17-. The number of unbranched alkanes of at least 4 members (excludes halogenated alkanes) is 1. The number of carbonyl (C=O) groups excluding carboxylic acids is 2. The lowest BCUT2D eigenvalue weighted by molar-refractivity contribution is -0.113. The summed E-state index contributed by atoms with van der Waals surface area (Å²) >= 11 is 6.89. The van der Waals surface area contributed by atoms with Crippen LogP contribution in [-0.2, 0) is 4.79 Å². The largest absolute Gasteiger partial charge is 0.494 e. The van der Waals surface area contributed by atoms with Crippen LogP contribution in [0.5, 0.6) is 5.75 Å². The minimum Gasteiger partial charge on any atom is -0.494 e. The number of carbonyl (C=O) groups is 2. The average Bonchev–Trinajstić information content (AvgIpc) is 2.82. The molecular formula is C27H26Br2N2O3. The Morgan fingerprint density at radius 2 is 1.68 bits per heavy atom. The van der Waals surface area contributed by atoms with Crippen molar-refractivity contribution in [2.45, 2.75) is 26.7 Å². The van der Waals surface area contributed by atoms with Gasteiger partial charge in [-0.2, -0.15) is 0 Å². The Bertz CT molecular complexity index is 1170. The summed E-state index contributed by atoms with van der Waals surface area (Å²) < 4.78 is 7.34. The highest BCUT2D eigenvalue weighted by Gasteiger charge is 2.16. The molecule has 2 N–H and O–H groups in total. The molecule has 0 atom stereocenters. The Kier molecular flexibility index (Phi) is 9.48. The third-order valence-electron chi connectivity index (χ3n) is 4.93. The van der Waals surface area contributed by atoms with Crippen LogP contribution in [0.25, 0.3) is 6.08 Å². The lowest BCUT2D eigenvalue weighted by Crippen LogP contribution is -2.30. The maximum absolute atomic E-state index is 13.1. The molecule has 0 aliphatic carbocycles. The normalized spacial score (nSPS) is 11.1. The molecule has 5 nitrogen and oxygen atoms in total. The summed E-state index contributed by atoms with van der Waals surface area (Å²) in [6.45, 7) is 4.70. The summed E-state index contributed by atoms with van der Waals surface area (Å²) in [4.78, 5) is 26.1. The quantitative estimate of drug-likeness (QED) is 0.208. The maximum atomic E-state index is 13.1. The third kappa shape index (κ3) is 7.57. The van der Waals surface area contributed by atoms with Crippen LogP contribution in [0.3, 0.4) is 0 Å². The molecule has 176 valence electrons. The molecule has 0 bridgehead atoms. The number of hydrogen-bond acceptors (Lipinski definition) is 3. The monoisotopic (exact) mass is 584 g/mol. The zero-order valence-electron chi connectivity index (χ0n) is 19.0. The molecule has 0 fully saturated rings. The number of anilines is 1. The molecule has 2 amide bonds. The van der Waals surface area contributed by atoms with Crippen LogP contribution in [0.15, 0.2) is 81.4 Å². The highest BCUT2D eigenvalue weighted by molar-refractivity contribution is 9.10. The first kappa shape index (κ1) is 25.7. The van der Waals surface area contributed by atoms with E-state index in [2.05, 4.69) is 49.4 Å². The van der Waals surface area contributed by atoms with Crippen LogP contribution in [0.1, 0.15) is 41.3 Å². The molecule has 0 radical (unpaired) electrons. The van der Waals surface area contributed by atoms with Gasteiger partial charge in [-0.15, -0.1) is 0 Å². The van der Waals surface area contributed by atoms with Gasteiger partial charge in [0.05, 0.1) is 12.3 Å². The maximum Gasteiger partial charge on any atom is 0.272 e. The predicted molar refractivity (Wildman–Crippen MR) is 144 cm³/mol. The Hall–Kier alpha value is -2.90. The molecule has 0 spiro atoms. The average molecular weight is 586 g/mol. The van der Waals surface area contributed by atoms with Gasteiger partial charge in [-0.25, -0.2) is 0 Å². The van der Waals surface area contributed by atoms with Crippen molar-refractivity contribution in [1.29, 1.82) is 0 Å². The van der Waals surface area contributed by atoms with Gasteiger partial charge in [-0.05, 0) is 95.0 Å². The summed E-state index contributed by atoms with van der Waals surface area (Å²) in [7, 11) is 0. The highest BCUT2D eigenvalue weighted by atomic mass is 79.9. The Morgan fingerprint density at radius 1 is 0.971 bits per heavy atom. The second-order valence-electron chi connectivity index (χ2n) is 7.73. The summed E-state index contributed by atoms with van der Waals surface area (Å²) in [6.07, 6.45) is 3.66. The first-order chi connectivity index (χ1) is 16.4. The predicted octanol–water partition coefficient (Wildman–Crippen LogP) is 7.11. The molecule has 0 saturated carbocycles. The SMILES string of the molecule is CCCCOc1ccc(C(=O)N/C(=C\c2ccc(Br)cc2)C(=O)Nc2ccc(C)cc2Br)cc1.